The normalized spacial score (nSPS) is 11.4. The van der Waals surface area contributed by atoms with Gasteiger partial charge in [0.05, 0.1) is 48.3 Å². The molecule has 0 fully saturated rings. The third-order valence-electron chi connectivity index (χ3n) is 6.43. The number of hydrogen-bond donors (Lipinski definition) is 1. The molecular formula is C37H62ClN6O9S6-. The molecular weight excluding hydrogens is 900 g/mol. The lowest BCUT2D eigenvalue weighted by atomic mass is 10.2. The van der Waals surface area contributed by atoms with Gasteiger partial charge in [-0.3, -0.25) is 4.18 Å². The summed E-state index contributed by atoms with van der Waals surface area (Å²) in [5.41, 5.74) is 3.80. The lowest BCUT2D eigenvalue weighted by Gasteiger charge is -2.17. The molecule has 1 N–H and O–H groups in total. The van der Waals surface area contributed by atoms with Crippen LogP contribution in [0.25, 0.3) is 0 Å². The van der Waals surface area contributed by atoms with Crippen LogP contribution in [0.1, 0.15) is 44.4 Å². The Balaban J connectivity index is -0.000000632. The SMILES string of the molecule is CC#N.CCN(CC)CC.CN1C=CN(CCc2ccsc2)C1.CS(=O)(=O)Cl.CS(=O)(=O)OCCc1ccsc1.CS(=O)(=O)[O-].Cn1ccnc1.OCCc1ccsc1. The number of hydrogen-bond acceptors (Lipinski definition) is 17. The first kappa shape index (κ1) is 60.4. The molecule has 5 heterocycles. The average molecular weight is 963 g/mol. The van der Waals surface area contributed by atoms with E-state index in [1.54, 1.807) is 52.6 Å². The van der Waals surface area contributed by atoms with E-state index in [-0.39, 0.29) is 13.2 Å². The Kier molecular flexibility index (Phi) is 37.8. The Morgan fingerprint density at radius 1 is 0.864 bits per heavy atom. The van der Waals surface area contributed by atoms with Gasteiger partial charge in [0.1, 0.15) is 0 Å². The highest BCUT2D eigenvalue weighted by molar-refractivity contribution is 8.13. The quantitative estimate of drug-likeness (QED) is 0.0960. The van der Waals surface area contributed by atoms with Crippen molar-refractivity contribution in [3.8, 4) is 6.07 Å². The molecule has 0 spiro atoms. The zero-order valence-corrected chi connectivity index (χ0v) is 41.0. The van der Waals surface area contributed by atoms with Gasteiger partial charge >= 0.3 is 0 Å². The summed E-state index contributed by atoms with van der Waals surface area (Å²) in [5, 5.41) is 28.1. The second-order valence-corrected chi connectivity index (χ2v) is 20.3. The summed E-state index contributed by atoms with van der Waals surface area (Å²) in [6.45, 7) is 14.2. The molecule has 0 saturated carbocycles. The lowest BCUT2D eigenvalue weighted by molar-refractivity contribution is 0.299. The topological polar surface area (TPSA) is 206 Å². The van der Waals surface area contributed by atoms with Gasteiger partial charge in [0, 0.05) is 75.9 Å². The van der Waals surface area contributed by atoms with E-state index < -0.39 is 29.3 Å². The fraction of sp³-hybridized carbons (Fsp3) is 0.514. The molecule has 1 aliphatic rings. The molecule has 0 aliphatic carbocycles. The van der Waals surface area contributed by atoms with E-state index in [9.17, 15) is 16.8 Å². The zero-order chi connectivity index (χ0) is 45.8. The minimum Gasteiger partial charge on any atom is -0.748 e. The van der Waals surface area contributed by atoms with Crippen molar-refractivity contribution in [1.82, 2.24) is 24.3 Å². The van der Waals surface area contributed by atoms with E-state index in [4.69, 9.17) is 23.3 Å². The smallest absolute Gasteiger partial charge is 0.264 e. The van der Waals surface area contributed by atoms with Gasteiger partial charge in [0.15, 0.2) is 0 Å². The number of halogens is 1. The van der Waals surface area contributed by atoms with E-state index in [2.05, 4.69) is 97.0 Å². The summed E-state index contributed by atoms with van der Waals surface area (Å²) in [6.07, 6.45) is 14.9. The molecule has 0 unspecified atom stereocenters. The van der Waals surface area contributed by atoms with Crippen LogP contribution in [0.5, 0.6) is 0 Å². The van der Waals surface area contributed by atoms with Crippen LogP contribution >= 0.6 is 44.7 Å². The Morgan fingerprint density at radius 3 is 1.54 bits per heavy atom. The second kappa shape index (κ2) is 36.9. The van der Waals surface area contributed by atoms with Crippen molar-refractivity contribution >= 4 is 74.0 Å². The minimum atomic E-state index is -3.92. The van der Waals surface area contributed by atoms with Gasteiger partial charge in [-0.1, -0.05) is 20.8 Å². The first-order valence-electron chi connectivity index (χ1n) is 17.9. The zero-order valence-electron chi connectivity index (χ0n) is 35.4. The monoisotopic (exact) mass is 961 g/mol. The van der Waals surface area contributed by atoms with Crippen LogP contribution in [0, 0.1) is 11.3 Å². The second-order valence-electron chi connectivity index (χ2n) is 11.9. The largest absolute Gasteiger partial charge is 0.748 e. The molecule has 0 amide bonds. The third kappa shape index (κ3) is 51.2. The fourth-order valence-electron chi connectivity index (χ4n) is 3.75. The Hall–Kier alpha value is -2.88. The Labute approximate surface area is 370 Å². The highest BCUT2D eigenvalue weighted by Crippen LogP contribution is 2.10. The molecule has 4 aromatic heterocycles. The number of nitrogens with zero attached hydrogens (tertiary/aromatic N) is 6. The molecule has 338 valence electrons. The summed E-state index contributed by atoms with van der Waals surface area (Å²) >= 11 is 5.04. The van der Waals surface area contributed by atoms with Gasteiger partial charge in [-0.15, -0.1) is 0 Å². The first-order chi connectivity index (χ1) is 27.5. The van der Waals surface area contributed by atoms with Crippen LogP contribution in [0.15, 0.2) is 81.6 Å². The van der Waals surface area contributed by atoms with E-state index in [0.717, 1.165) is 44.1 Å². The maximum atomic E-state index is 10.5. The number of nitriles is 1. The van der Waals surface area contributed by atoms with Crippen molar-refractivity contribution in [3.05, 3.63) is 98.3 Å². The lowest BCUT2D eigenvalue weighted by Crippen LogP contribution is -2.24. The van der Waals surface area contributed by atoms with Gasteiger partial charge in [0.2, 0.25) is 9.05 Å². The van der Waals surface area contributed by atoms with Gasteiger partial charge in [0.25, 0.3) is 10.1 Å². The molecule has 4 aromatic rings. The molecule has 1 aliphatic heterocycles. The summed E-state index contributed by atoms with van der Waals surface area (Å²) in [4.78, 5) is 10.7. The van der Waals surface area contributed by atoms with Crippen molar-refractivity contribution in [3.63, 3.8) is 0 Å². The van der Waals surface area contributed by atoms with E-state index in [0.29, 0.717) is 12.7 Å². The number of imidazole rings is 1. The maximum Gasteiger partial charge on any atom is 0.264 e. The van der Waals surface area contributed by atoms with Crippen molar-refractivity contribution in [2.24, 2.45) is 7.05 Å². The standard InChI is InChI=1S/C10H14N2S.C7H10O3S2.C6H15N.C6H8OS.C4H6N2.C2H3N.CH3ClO2S.CH4O3S/c1-11-5-6-12(9-11)4-2-10-3-7-13-8-10;1-12(8,9)10-4-2-7-3-5-11-6-7;1-4-7(5-2)6-3;7-3-1-6-2-4-8-5-6;1-6-3-2-5-4-6;1-2-3;2*1-5(2,3)4/h3,5-8H,2,4,9H2,1H3;3,5-6H,2,4H2,1H3;4-6H2,1-3H3;2,4-5,7H,1,3H2;2-4H,1H3;1H3;1H3;1H3,(H,2,3,4)/p-1. The van der Waals surface area contributed by atoms with Crippen LogP contribution < -0.4 is 0 Å². The summed E-state index contributed by atoms with van der Waals surface area (Å²) < 4.78 is 73.6. The maximum absolute atomic E-state index is 10.5. The number of aliphatic hydroxyl groups is 1. The molecule has 0 saturated heterocycles. The molecule has 0 aromatic carbocycles. The predicted molar refractivity (Wildman–Crippen MR) is 245 cm³/mol. The molecule has 0 radical (unpaired) electrons. The van der Waals surface area contributed by atoms with E-state index in [1.165, 1.54) is 37.7 Å². The van der Waals surface area contributed by atoms with Gasteiger partial charge < -0.3 is 28.9 Å². The number of rotatable bonds is 12. The van der Waals surface area contributed by atoms with Crippen LogP contribution in [-0.2, 0) is 59.8 Å². The number of aromatic nitrogens is 2. The van der Waals surface area contributed by atoms with Crippen LogP contribution in [0.2, 0.25) is 0 Å². The highest BCUT2D eigenvalue weighted by Gasteiger charge is 2.07. The molecule has 0 bridgehead atoms. The summed E-state index contributed by atoms with van der Waals surface area (Å²) in [5.74, 6) is 0. The first-order valence-corrected chi connectivity index (χ1v) is 27.1. The van der Waals surface area contributed by atoms with Crippen molar-refractivity contribution < 1.29 is 39.1 Å². The minimum absolute atomic E-state index is 0.232. The van der Waals surface area contributed by atoms with Crippen molar-refractivity contribution in [2.75, 3.05) is 71.9 Å². The molecule has 0 atom stereocenters. The molecule has 5 rings (SSSR count). The summed E-state index contributed by atoms with van der Waals surface area (Å²) in [7, 11) is -1.85. The van der Waals surface area contributed by atoms with E-state index in [1.807, 2.05) is 46.1 Å². The third-order valence-corrected chi connectivity index (χ3v) is 9.22. The average Bonchev–Trinajstić information content (AvgIpc) is 3.97. The molecule has 15 nitrogen and oxygen atoms in total. The van der Waals surface area contributed by atoms with Gasteiger partial charge in [-0.05, 0) is 106 Å². The van der Waals surface area contributed by atoms with Gasteiger partial charge in [-0.25, -0.2) is 21.8 Å². The van der Waals surface area contributed by atoms with Crippen molar-refractivity contribution in [1.29, 1.82) is 5.26 Å². The van der Waals surface area contributed by atoms with Crippen LogP contribution in [0.3, 0.4) is 0 Å². The van der Waals surface area contributed by atoms with E-state index >= 15 is 0 Å². The van der Waals surface area contributed by atoms with Crippen LogP contribution in [-0.4, -0.2) is 131 Å². The number of thiophene rings is 3. The van der Waals surface area contributed by atoms with Crippen molar-refractivity contribution in [2.45, 2.75) is 47.0 Å². The number of aryl methyl sites for hydroxylation is 1. The van der Waals surface area contributed by atoms with Crippen LogP contribution in [0.4, 0.5) is 0 Å². The Morgan fingerprint density at radius 2 is 1.29 bits per heavy atom. The molecule has 22 heteroatoms. The van der Waals surface area contributed by atoms with Gasteiger partial charge in [-0.2, -0.15) is 47.7 Å². The Bertz CT molecular complexity index is 1850. The summed E-state index contributed by atoms with van der Waals surface area (Å²) in [6, 6.07) is 7.94. The predicted octanol–water partition coefficient (Wildman–Crippen LogP) is 6.16. The fourth-order valence-corrected chi connectivity index (χ4v) is 6.24. The number of aliphatic hydroxyl groups excluding tert-OH is 1. The highest BCUT2D eigenvalue weighted by atomic mass is 35.7. The molecule has 59 heavy (non-hydrogen) atoms.